The first-order valence-corrected chi connectivity index (χ1v) is 6.43. The van der Waals surface area contributed by atoms with Crippen molar-refractivity contribution in [2.45, 2.75) is 23.5 Å². The van der Waals surface area contributed by atoms with Crippen LogP contribution >= 0.6 is 11.5 Å². The molecule has 0 N–H and O–H groups in total. The summed E-state index contributed by atoms with van der Waals surface area (Å²) in [5.41, 5.74) is 1.97. The van der Waals surface area contributed by atoms with Gasteiger partial charge in [0.1, 0.15) is 4.21 Å². The highest BCUT2D eigenvalue weighted by Crippen LogP contribution is 2.30. The monoisotopic (exact) mass is 203 g/mol. The van der Waals surface area contributed by atoms with Crippen molar-refractivity contribution in [2.75, 3.05) is 6.26 Å². The highest BCUT2D eigenvalue weighted by molar-refractivity contribution is 7.92. The van der Waals surface area contributed by atoms with Crippen molar-refractivity contribution in [3.8, 4) is 0 Å². The fourth-order valence-electron chi connectivity index (χ4n) is 1.49. The van der Waals surface area contributed by atoms with Crippen LogP contribution in [0, 0.1) is 0 Å². The Kier molecular flexibility index (Phi) is 1.73. The van der Waals surface area contributed by atoms with Gasteiger partial charge in [-0.25, -0.2) is 8.42 Å². The Balaban J connectivity index is 2.61. The zero-order valence-corrected chi connectivity index (χ0v) is 8.33. The van der Waals surface area contributed by atoms with Gasteiger partial charge in [-0.3, -0.25) is 0 Å². The lowest BCUT2D eigenvalue weighted by Crippen LogP contribution is -1.96. The standard InChI is InChI=1S/C7H9NO2S2/c1-12(9,10)7-5-3-2-4-6(5)8-11-7/h2-4H2,1H3. The molecule has 0 saturated carbocycles. The molecule has 0 unspecified atom stereocenters. The minimum Gasteiger partial charge on any atom is -0.223 e. The first kappa shape index (κ1) is 8.19. The highest BCUT2D eigenvalue weighted by atomic mass is 32.2. The van der Waals surface area contributed by atoms with Crippen LogP contribution in [0.15, 0.2) is 4.21 Å². The van der Waals surface area contributed by atoms with Gasteiger partial charge in [0.15, 0.2) is 9.84 Å². The summed E-state index contributed by atoms with van der Waals surface area (Å²) >= 11 is 1.12. The van der Waals surface area contributed by atoms with Crippen molar-refractivity contribution in [1.29, 1.82) is 0 Å². The zero-order chi connectivity index (χ0) is 8.77. The maximum Gasteiger partial charge on any atom is 0.186 e. The summed E-state index contributed by atoms with van der Waals surface area (Å²) in [7, 11) is -3.03. The molecule has 0 saturated heterocycles. The Morgan fingerprint density at radius 3 is 2.83 bits per heavy atom. The van der Waals surface area contributed by atoms with Gasteiger partial charge in [0.05, 0.1) is 5.69 Å². The van der Waals surface area contributed by atoms with Gasteiger partial charge in [0, 0.05) is 11.8 Å². The number of nitrogens with zero attached hydrogens (tertiary/aromatic N) is 1. The van der Waals surface area contributed by atoms with E-state index < -0.39 is 9.84 Å². The summed E-state index contributed by atoms with van der Waals surface area (Å²) < 4.78 is 27.1. The van der Waals surface area contributed by atoms with Gasteiger partial charge >= 0.3 is 0 Å². The van der Waals surface area contributed by atoms with Crippen molar-refractivity contribution in [3.63, 3.8) is 0 Å². The molecule has 2 rings (SSSR count). The molecule has 0 fully saturated rings. The normalized spacial score (nSPS) is 16.4. The molecule has 0 atom stereocenters. The molecular weight excluding hydrogens is 194 g/mol. The number of hydrogen-bond donors (Lipinski definition) is 0. The van der Waals surface area contributed by atoms with Gasteiger partial charge in [0.2, 0.25) is 0 Å². The van der Waals surface area contributed by atoms with Crippen molar-refractivity contribution >= 4 is 21.4 Å². The molecule has 1 aliphatic rings. The van der Waals surface area contributed by atoms with Crippen LogP contribution in [0.25, 0.3) is 0 Å². The van der Waals surface area contributed by atoms with E-state index in [0.717, 1.165) is 42.1 Å². The van der Waals surface area contributed by atoms with Crippen LogP contribution in [-0.2, 0) is 22.7 Å². The van der Waals surface area contributed by atoms with E-state index in [1.165, 1.54) is 6.26 Å². The Morgan fingerprint density at radius 2 is 2.17 bits per heavy atom. The van der Waals surface area contributed by atoms with Gasteiger partial charge < -0.3 is 0 Å². The molecule has 0 aliphatic heterocycles. The van der Waals surface area contributed by atoms with Gasteiger partial charge in [-0.05, 0) is 30.8 Å². The molecule has 0 amide bonds. The Bertz CT molecular complexity index is 405. The maximum absolute atomic E-state index is 11.2. The number of hydrogen-bond acceptors (Lipinski definition) is 4. The quantitative estimate of drug-likeness (QED) is 0.685. The Hall–Kier alpha value is -0.420. The fourth-order valence-corrected chi connectivity index (χ4v) is 3.54. The zero-order valence-electron chi connectivity index (χ0n) is 6.70. The summed E-state index contributed by atoms with van der Waals surface area (Å²) in [5, 5.41) is 0. The molecule has 3 nitrogen and oxygen atoms in total. The number of fused-ring (bicyclic) bond motifs is 1. The molecule has 0 aromatic carbocycles. The van der Waals surface area contributed by atoms with Crippen molar-refractivity contribution in [2.24, 2.45) is 0 Å². The second kappa shape index (κ2) is 2.53. The van der Waals surface area contributed by atoms with E-state index in [1.807, 2.05) is 0 Å². The third-order valence-electron chi connectivity index (χ3n) is 2.01. The van der Waals surface area contributed by atoms with Crippen LogP contribution in [0.4, 0.5) is 0 Å². The predicted octanol–water partition coefficient (Wildman–Crippen LogP) is 1.04. The maximum atomic E-state index is 11.2. The minimum absolute atomic E-state index is 0.481. The smallest absolute Gasteiger partial charge is 0.186 e. The van der Waals surface area contributed by atoms with E-state index >= 15 is 0 Å². The Morgan fingerprint density at radius 1 is 1.42 bits per heavy atom. The summed E-state index contributed by atoms with van der Waals surface area (Å²) in [6.45, 7) is 0. The average molecular weight is 203 g/mol. The van der Waals surface area contributed by atoms with Crippen LogP contribution < -0.4 is 0 Å². The molecular formula is C7H9NO2S2. The molecule has 1 heterocycles. The lowest BCUT2D eigenvalue weighted by molar-refractivity contribution is 0.603. The second-order valence-corrected chi connectivity index (χ2v) is 6.01. The van der Waals surface area contributed by atoms with Crippen LogP contribution in [0.1, 0.15) is 17.7 Å². The lowest BCUT2D eigenvalue weighted by Gasteiger charge is -1.93. The van der Waals surface area contributed by atoms with E-state index in [-0.39, 0.29) is 0 Å². The molecule has 0 bridgehead atoms. The minimum atomic E-state index is -3.03. The Labute approximate surface area is 75.5 Å². The predicted molar refractivity (Wildman–Crippen MR) is 47.2 cm³/mol. The molecule has 66 valence electrons. The van der Waals surface area contributed by atoms with Crippen LogP contribution in [-0.4, -0.2) is 19.0 Å². The number of sulfone groups is 1. The second-order valence-electron chi connectivity index (χ2n) is 3.02. The number of aromatic nitrogens is 1. The van der Waals surface area contributed by atoms with Gasteiger partial charge in [-0.15, -0.1) is 0 Å². The first-order chi connectivity index (χ1) is 5.59. The summed E-state index contributed by atoms with van der Waals surface area (Å²) in [4.78, 5) is 0. The summed E-state index contributed by atoms with van der Waals surface area (Å²) in [6, 6.07) is 0. The lowest BCUT2D eigenvalue weighted by atomic mass is 10.3. The first-order valence-electron chi connectivity index (χ1n) is 3.76. The van der Waals surface area contributed by atoms with Gasteiger partial charge in [-0.2, -0.15) is 4.37 Å². The van der Waals surface area contributed by atoms with E-state index in [4.69, 9.17) is 0 Å². The largest absolute Gasteiger partial charge is 0.223 e. The summed E-state index contributed by atoms with van der Waals surface area (Å²) in [6.07, 6.45) is 4.13. The molecule has 1 aliphatic carbocycles. The molecule has 0 spiro atoms. The molecule has 12 heavy (non-hydrogen) atoms. The topological polar surface area (TPSA) is 47.0 Å². The highest BCUT2D eigenvalue weighted by Gasteiger charge is 2.24. The van der Waals surface area contributed by atoms with Gasteiger partial charge in [-0.1, -0.05) is 0 Å². The molecule has 0 radical (unpaired) electrons. The fraction of sp³-hybridized carbons (Fsp3) is 0.571. The van der Waals surface area contributed by atoms with Gasteiger partial charge in [0.25, 0.3) is 0 Å². The van der Waals surface area contributed by atoms with Crippen LogP contribution in [0.2, 0.25) is 0 Å². The van der Waals surface area contributed by atoms with Crippen LogP contribution in [0.5, 0.6) is 0 Å². The number of aryl methyl sites for hydroxylation is 1. The average Bonchev–Trinajstić information content (AvgIpc) is 2.37. The van der Waals surface area contributed by atoms with E-state index in [1.54, 1.807) is 0 Å². The summed E-state index contributed by atoms with van der Waals surface area (Å²) in [5.74, 6) is 0. The third-order valence-corrected chi connectivity index (χ3v) is 4.79. The molecule has 5 heteroatoms. The SMILES string of the molecule is CS(=O)(=O)c1snc2c1CCC2. The third kappa shape index (κ3) is 1.17. The van der Waals surface area contributed by atoms with E-state index in [2.05, 4.69) is 4.37 Å². The van der Waals surface area contributed by atoms with Crippen molar-refractivity contribution in [1.82, 2.24) is 4.37 Å². The van der Waals surface area contributed by atoms with Crippen molar-refractivity contribution < 1.29 is 8.42 Å². The van der Waals surface area contributed by atoms with Crippen molar-refractivity contribution in [3.05, 3.63) is 11.3 Å². The number of rotatable bonds is 1. The van der Waals surface area contributed by atoms with E-state index in [0.29, 0.717) is 4.21 Å². The molecule has 1 aromatic rings. The molecule has 1 aromatic heterocycles. The van der Waals surface area contributed by atoms with Crippen LogP contribution in [0.3, 0.4) is 0 Å². The van der Waals surface area contributed by atoms with E-state index in [9.17, 15) is 8.42 Å².